The summed E-state index contributed by atoms with van der Waals surface area (Å²) in [6.45, 7) is 8.79. The molecular weight excluding hydrogens is 212 g/mol. The number of hydrogen-bond acceptors (Lipinski definition) is 2. The molecule has 0 aliphatic heterocycles. The first-order valence-corrected chi connectivity index (χ1v) is 7.18. The third-order valence-electron chi connectivity index (χ3n) is 4.13. The van der Waals surface area contributed by atoms with Gasteiger partial charge in [-0.2, -0.15) is 0 Å². The van der Waals surface area contributed by atoms with Crippen LogP contribution < -0.4 is 0 Å². The van der Waals surface area contributed by atoms with E-state index in [1.54, 1.807) is 0 Å². The van der Waals surface area contributed by atoms with Crippen molar-refractivity contribution in [2.45, 2.75) is 78.2 Å². The van der Waals surface area contributed by atoms with Gasteiger partial charge in [0.15, 0.2) is 0 Å². The van der Waals surface area contributed by atoms with Crippen LogP contribution in [0, 0.1) is 11.8 Å². The Kier molecular flexibility index (Phi) is 5.48. The highest BCUT2D eigenvalue weighted by Gasteiger charge is 2.34. The number of unbranched alkanes of at least 4 members (excludes halogenated alkanes) is 1. The first-order valence-electron chi connectivity index (χ1n) is 7.18. The highest BCUT2D eigenvalue weighted by Crippen LogP contribution is 2.37. The molecule has 0 aromatic heterocycles. The van der Waals surface area contributed by atoms with Gasteiger partial charge in [-0.1, -0.05) is 27.2 Å². The zero-order valence-corrected chi connectivity index (χ0v) is 11.9. The molecule has 0 spiro atoms. The lowest BCUT2D eigenvalue weighted by atomic mass is 9.75. The summed E-state index contributed by atoms with van der Waals surface area (Å²) in [4.78, 5) is 11.7. The van der Waals surface area contributed by atoms with Crippen LogP contribution in [0.1, 0.15) is 72.6 Å². The van der Waals surface area contributed by atoms with Crippen molar-refractivity contribution in [3.8, 4) is 0 Å². The molecule has 1 saturated carbocycles. The lowest BCUT2D eigenvalue weighted by Gasteiger charge is -2.38. The van der Waals surface area contributed by atoms with Crippen LogP contribution in [0.15, 0.2) is 0 Å². The van der Waals surface area contributed by atoms with Gasteiger partial charge >= 0.3 is 5.97 Å². The van der Waals surface area contributed by atoms with E-state index in [-0.39, 0.29) is 11.6 Å². The summed E-state index contributed by atoms with van der Waals surface area (Å²) in [5.74, 6) is 1.57. The molecule has 1 rings (SSSR count). The van der Waals surface area contributed by atoms with E-state index in [1.165, 1.54) is 12.8 Å². The Labute approximate surface area is 106 Å². The van der Waals surface area contributed by atoms with Crippen molar-refractivity contribution in [3.05, 3.63) is 0 Å². The molecule has 2 nitrogen and oxygen atoms in total. The van der Waals surface area contributed by atoms with Crippen molar-refractivity contribution >= 4 is 5.97 Å². The minimum atomic E-state index is -0.184. The Balaban J connectivity index is 2.36. The fourth-order valence-electron chi connectivity index (χ4n) is 2.67. The zero-order chi connectivity index (χ0) is 12.9. The van der Waals surface area contributed by atoms with E-state index >= 15 is 0 Å². The van der Waals surface area contributed by atoms with E-state index in [4.69, 9.17) is 4.74 Å². The second-order valence-corrected chi connectivity index (χ2v) is 6.11. The molecule has 0 aromatic carbocycles. The van der Waals surface area contributed by atoms with E-state index in [0.717, 1.165) is 37.5 Å². The molecular formula is C15H28O2. The standard InChI is InChI=1S/C15H28O2/c1-5-6-7-14(16)17-15(4)10-8-13(9-11-15)12(2)3/h12-13H,5-11H2,1-4H3. The van der Waals surface area contributed by atoms with Crippen molar-refractivity contribution in [3.63, 3.8) is 0 Å². The quantitative estimate of drug-likeness (QED) is 0.669. The van der Waals surface area contributed by atoms with Crippen LogP contribution in [0.5, 0.6) is 0 Å². The van der Waals surface area contributed by atoms with Gasteiger partial charge < -0.3 is 4.74 Å². The Bertz CT molecular complexity index is 237. The van der Waals surface area contributed by atoms with Crippen LogP contribution in [-0.2, 0) is 9.53 Å². The topological polar surface area (TPSA) is 26.3 Å². The SMILES string of the molecule is CCCCC(=O)OC1(C)CCC(C(C)C)CC1. The monoisotopic (exact) mass is 240 g/mol. The summed E-state index contributed by atoms with van der Waals surface area (Å²) in [6.07, 6.45) is 7.07. The van der Waals surface area contributed by atoms with Crippen molar-refractivity contribution in [2.75, 3.05) is 0 Å². The predicted molar refractivity (Wildman–Crippen MR) is 70.8 cm³/mol. The number of rotatable bonds is 5. The molecule has 0 aromatic rings. The number of carbonyl (C=O) groups is 1. The molecule has 0 amide bonds. The van der Waals surface area contributed by atoms with E-state index in [2.05, 4.69) is 27.7 Å². The third kappa shape index (κ3) is 4.69. The van der Waals surface area contributed by atoms with Crippen LogP contribution in [0.25, 0.3) is 0 Å². The zero-order valence-electron chi connectivity index (χ0n) is 11.9. The smallest absolute Gasteiger partial charge is 0.306 e. The molecule has 1 aliphatic carbocycles. The summed E-state index contributed by atoms with van der Waals surface area (Å²) in [5, 5.41) is 0. The molecule has 0 radical (unpaired) electrons. The molecule has 0 bridgehead atoms. The molecule has 2 heteroatoms. The molecule has 100 valence electrons. The second-order valence-electron chi connectivity index (χ2n) is 6.11. The summed E-state index contributed by atoms with van der Waals surface area (Å²) >= 11 is 0. The molecule has 17 heavy (non-hydrogen) atoms. The van der Waals surface area contributed by atoms with Gasteiger partial charge in [0.05, 0.1) is 0 Å². The highest BCUT2D eigenvalue weighted by molar-refractivity contribution is 5.69. The van der Waals surface area contributed by atoms with E-state index in [1.807, 2.05) is 0 Å². The van der Waals surface area contributed by atoms with Crippen LogP contribution >= 0.6 is 0 Å². The van der Waals surface area contributed by atoms with Crippen molar-refractivity contribution < 1.29 is 9.53 Å². The maximum Gasteiger partial charge on any atom is 0.306 e. The summed E-state index contributed by atoms with van der Waals surface area (Å²) < 4.78 is 5.67. The minimum absolute atomic E-state index is 0.00246. The summed E-state index contributed by atoms with van der Waals surface area (Å²) in [7, 11) is 0. The average molecular weight is 240 g/mol. The van der Waals surface area contributed by atoms with Crippen molar-refractivity contribution in [1.29, 1.82) is 0 Å². The second kappa shape index (κ2) is 6.42. The van der Waals surface area contributed by atoms with Gasteiger partial charge in [0, 0.05) is 6.42 Å². The molecule has 0 heterocycles. The normalized spacial score (nSPS) is 29.4. The van der Waals surface area contributed by atoms with Gasteiger partial charge in [0.2, 0.25) is 0 Å². The maximum absolute atomic E-state index is 11.7. The molecule has 0 N–H and O–H groups in total. The largest absolute Gasteiger partial charge is 0.459 e. The fourth-order valence-corrected chi connectivity index (χ4v) is 2.67. The van der Waals surface area contributed by atoms with Crippen LogP contribution in [0.4, 0.5) is 0 Å². The number of ether oxygens (including phenoxy) is 1. The summed E-state index contributed by atoms with van der Waals surface area (Å²) in [6, 6.07) is 0. The number of esters is 1. The third-order valence-corrected chi connectivity index (χ3v) is 4.13. The molecule has 0 atom stereocenters. The van der Waals surface area contributed by atoms with E-state index < -0.39 is 0 Å². The van der Waals surface area contributed by atoms with Gasteiger partial charge in [-0.25, -0.2) is 0 Å². The average Bonchev–Trinajstić information content (AvgIpc) is 2.26. The maximum atomic E-state index is 11.7. The molecule has 1 aliphatic rings. The van der Waals surface area contributed by atoms with E-state index in [0.29, 0.717) is 6.42 Å². The molecule has 1 fully saturated rings. The Morgan fingerprint density at radius 2 is 1.94 bits per heavy atom. The first kappa shape index (κ1) is 14.5. The molecule has 0 saturated heterocycles. The van der Waals surface area contributed by atoms with Crippen molar-refractivity contribution in [1.82, 2.24) is 0 Å². The number of carbonyl (C=O) groups excluding carboxylic acids is 1. The lowest BCUT2D eigenvalue weighted by molar-refractivity contribution is -0.162. The van der Waals surface area contributed by atoms with Crippen LogP contribution in [0.2, 0.25) is 0 Å². The Hall–Kier alpha value is -0.530. The Morgan fingerprint density at radius 1 is 1.35 bits per heavy atom. The van der Waals surface area contributed by atoms with Crippen molar-refractivity contribution in [2.24, 2.45) is 11.8 Å². The molecule has 0 unspecified atom stereocenters. The lowest BCUT2D eigenvalue weighted by Crippen LogP contribution is -2.37. The minimum Gasteiger partial charge on any atom is -0.459 e. The van der Waals surface area contributed by atoms with Gasteiger partial charge in [-0.15, -0.1) is 0 Å². The fraction of sp³-hybridized carbons (Fsp3) is 0.933. The van der Waals surface area contributed by atoms with Gasteiger partial charge in [0.1, 0.15) is 5.60 Å². The van der Waals surface area contributed by atoms with E-state index in [9.17, 15) is 4.79 Å². The van der Waals surface area contributed by atoms with Crippen LogP contribution in [-0.4, -0.2) is 11.6 Å². The highest BCUT2D eigenvalue weighted by atomic mass is 16.6. The Morgan fingerprint density at radius 3 is 2.41 bits per heavy atom. The van der Waals surface area contributed by atoms with Crippen LogP contribution in [0.3, 0.4) is 0 Å². The predicted octanol–water partition coefficient (Wildman–Crippen LogP) is 4.32. The van der Waals surface area contributed by atoms with Gasteiger partial charge in [-0.05, 0) is 50.9 Å². The number of hydrogen-bond donors (Lipinski definition) is 0. The summed E-state index contributed by atoms with van der Waals surface area (Å²) in [5.41, 5.74) is -0.184. The van der Waals surface area contributed by atoms with Gasteiger partial charge in [0.25, 0.3) is 0 Å². The van der Waals surface area contributed by atoms with Gasteiger partial charge in [-0.3, -0.25) is 4.79 Å². The first-order chi connectivity index (χ1) is 7.97.